The van der Waals surface area contributed by atoms with Crippen LogP contribution in [0.25, 0.3) is 0 Å². The van der Waals surface area contributed by atoms with Crippen molar-refractivity contribution < 1.29 is 4.79 Å². The van der Waals surface area contributed by atoms with Crippen molar-refractivity contribution in [1.82, 2.24) is 0 Å². The first-order chi connectivity index (χ1) is 3.17. The van der Waals surface area contributed by atoms with Crippen molar-refractivity contribution in [1.29, 1.82) is 0 Å². The molecule has 0 aromatic heterocycles. The summed E-state index contributed by atoms with van der Waals surface area (Å²) >= 11 is 3.38. The maximum Gasteiger partial charge on any atom is 0.124 e. The van der Waals surface area contributed by atoms with Gasteiger partial charge in [-0.15, -0.1) is 0 Å². The van der Waals surface area contributed by atoms with Crippen LogP contribution in [0.4, 0.5) is 0 Å². The van der Waals surface area contributed by atoms with Gasteiger partial charge in [0.1, 0.15) is 6.29 Å². The summed E-state index contributed by atoms with van der Waals surface area (Å²) in [6.07, 6.45) is 2.02. The number of carbonyl (C=O) groups is 1. The molecule has 2 atom stereocenters. The quantitative estimate of drug-likeness (QED) is 0.421. The van der Waals surface area contributed by atoms with Crippen LogP contribution in [0.15, 0.2) is 0 Å². The second kappa shape index (κ2) is 1.31. The Kier molecular flexibility index (Phi) is 0.991. The van der Waals surface area contributed by atoms with Crippen LogP contribution >= 0.6 is 15.9 Å². The van der Waals surface area contributed by atoms with Gasteiger partial charge in [-0.25, -0.2) is 0 Å². The van der Waals surface area contributed by atoms with Crippen LogP contribution < -0.4 is 0 Å². The Morgan fingerprint density at radius 2 is 2.43 bits per heavy atom. The SMILES string of the molecule is CC1(Br)CC1C=O. The fraction of sp³-hybridized carbons (Fsp3) is 0.800. The second-order valence-corrected chi connectivity index (χ2v) is 4.04. The van der Waals surface area contributed by atoms with Crippen molar-refractivity contribution in [2.75, 3.05) is 0 Å². The molecule has 40 valence electrons. The Hall–Kier alpha value is 0.150. The van der Waals surface area contributed by atoms with Gasteiger partial charge in [0, 0.05) is 10.2 Å². The third-order valence-electron chi connectivity index (χ3n) is 1.40. The highest BCUT2D eigenvalue weighted by molar-refractivity contribution is 9.10. The minimum absolute atomic E-state index is 0.161. The molecule has 1 saturated carbocycles. The Labute approximate surface area is 51.2 Å². The van der Waals surface area contributed by atoms with Gasteiger partial charge in [-0.05, 0) is 13.3 Å². The average Bonchev–Trinajstić information content (AvgIpc) is 2.13. The first-order valence-electron chi connectivity index (χ1n) is 2.31. The monoisotopic (exact) mass is 162 g/mol. The van der Waals surface area contributed by atoms with E-state index in [-0.39, 0.29) is 10.2 Å². The Morgan fingerprint density at radius 1 is 2.00 bits per heavy atom. The average molecular weight is 163 g/mol. The number of hydrogen-bond acceptors (Lipinski definition) is 1. The first-order valence-corrected chi connectivity index (χ1v) is 3.10. The van der Waals surface area contributed by atoms with E-state index in [1.165, 1.54) is 0 Å². The van der Waals surface area contributed by atoms with Crippen molar-refractivity contribution in [3.05, 3.63) is 0 Å². The summed E-state index contributed by atoms with van der Waals surface area (Å²) in [5.41, 5.74) is 0. The summed E-state index contributed by atoms with van der Waals surface area (Å²) in [6, 6.07) is 0. The zero-order chi connectivity index (χ0) is 5.49. The van der Waals surface area contributed by atoms with Crippen LogP contribution in [-0.2, 0) is 4.79 Å². The van der Waals surface area contributed by atoms with E-state index in [2.05, 4.69) is 15.9 Å². The molecule has 1 aliphatic carbocycles. The number of carbonyl (C=O) groups excluding carboxylic acids is 1. The molecule has 0 heterocycles. The highest BCUT2D eigenvalue weighted by Gasteiger charge is 2.47. The normalized spacial score (nSPS) is 48.6. The van der Waals surface area contributed by atoms with E-state index in [0.717, 1.165) is 12.7 Å². The van der Waals surface area contributed by atoms with Gasteiger partial charge >= 0.3 is 0 Å². The van der Waals surface area contributed by atoms with Crippen molar-refractivity contribution >= 4 is 22.2 Å². The van der Waals surface area contributed by atoms with Gasteiger partial charge in [0.25, 0.3) is 0 Å². The number of hydrogen-bond donors (Lipinski definition) is 0. The largest absolute Gasteiger partial charge is 0.303 e. The molecule has 0 radical (unpaired) electrons. The fourth-order valence-corrected chi connectivity index (χ4v) is 1.02. The zero-order valence-electron chi connectivity index (χ0n) is 4.15. The van der Waals surface area contributed by atoms with Crippen LogP contribution in [0.3, 0.4) is 0 Å². The summed E-state index contributed by atoms with van der Waals surface area (Å²) in [5, 5.41) is 0. The van der Waals surface area contributed by atoms with Crippen LogP contribution in [0.5, 0.6) is 0 Å². The van der Waals surface area contributed by atoms with Gasteiger partial charge in [0.05, 0.1) is 0 Å². The molecule has 0 bridgehead atoms. The van der Waals surface area contributed by atoms with Crippen LogP contribution in [0.1, 0.15) is 13.3 Å². The lowest BCUT2D eigenvalue weighted by Gasteiger charge is -1.88. The van der Waals surface area contributed by atoms with E-state index in [1.54, 1.807) is 0 Å². The Bertz CT molecular complexity index is 98.3. The predicted octanol–water partition coefficient (Wildman–Crippen LogP) is 1.36. The van der Waals surface area contributed by atoms with Crippen molar-refractivity contribution in [3.63, 3.8) is 0 Å². The molecular formula is C5H7BrO. The van der Waals surface area contributed by atoms with Crippen LogP contribution in [0.2, 0.25) is 0 Å². The molecule has 2 unspecified atom stereocenters. The molecule has 0 N–H and O–H groups in total. The molecule has 1 aliphatic rings. The molecular weight excluding hydrogens is 156 g/mol. The van der Waals surface area contributed by atoms with Gasteiger partial charge in [-0.1, -0.05) is 15.9 Å². The van der Waals surface area contributed by atoms with Crippen molar-refractivity contribution in [3.8, 4) is 0 Å². The molecule has 1 nitrogen and oxygen atoms in total. The topological polar surface area (TPSA) is 17.1 Å². The molecule has 0 aliphatic heterocycles. The lowest BCUT2D eigenvalue weighted by Crippen LogP contribution is -1.92. The minimum atomic E-state index is 0.161. The minimum Gasteiger partial charge on any atom is -0.303 e. The molecule has 0 aromatic rings. The van der Waals surface area contributed by atoms with Gasteiger partial charge in [0.2, 0.25) is 0 Å². The van der Waals surface area contributed by atoms with E-state index < -0.39 is 0 Å². The fourth-order valence-electron chi connectivity index (χ4n) is 0.561. The Morgan fingerprint density at radius 3 is 2.43 bits per heavy atom. The van der Waals surface area contributed by atoms with E-state index in [1.807, 2.05) is 6.92 Å². The van der Waals surface area contributed by atoms with Gasteiger partial charge in [-0.2, -0.15) is 0 Å². The van der Waals surface area contributed by atoms with Gasteiger partial charge < -0.3 is 4.79 Å². The summed E-state index contributed by atoms with van der Waals surface area (Å²) in [4.78, 5) is 9.95. The molecule has 0 amide bonds. The molecule has 0 aromatic carbocycles. The molecule has 2 heteroatoms. The summed E-state index contributed by atoms with van der Waals surface area (Å²) < 4.78 is 0.161. The first kappa shape index (κ1) is 5.29. The lowest BCUT2D eigenvalue weighted by molar-refractivity contribution is -0.108. The van der Waals surface area contributed by atoms with Crippen LogP contribution in [-0.4, -0.2) is 10.6 Å². The third-order valence-corrected chi connectivity index (χ3v) is 2.31. The molecule has 7 heavy (non-hydrogen) atoms. The summed E-state index contributed by atoms with van der Waals surface area (Å²) in [7, 11) is 0. The van der Waals surface area contributed by atoms with Gasteiger partial charge in [-0.3, -0.25) is 0 Å². The number of alkyl halides is 1. The molecule has 0 saturated heterocycles. The highest BCUT2D eigenvalue weighted by Crippen LogP contribution is 2.49. The van der Waals surface area contributed by atoms with Gasteiger partial charge in [0.15, 0.2) is 0 Å². The number of aldehydes is 1. The predicted molar refractivity (Wildman–Crippen MR) is 31.5 cm³/mol. The molecule has 0 spiro atoms. The van der Waals surface area contributed by atoms with E-state index in [0.29, 0.717) is 0 Å². The van der Waals surface area contributed by atoms with Crippen LogP contribution in [0, 0.1) is 5.92 Å². The number of rotatable bonds is 1. The second-order valence-electron chi connectivity index (χ2n) is 2.22. The summed E-state index contributed by atoms with van der Waals surface area (Å²) in [6.45, 7) is 2.03. The van der Waals surface area contributed by atoms with E-state index >= 15 is 0 Å². The maximum atomic E-state index is 9.95. The third kappa shape index (κ3) is 0.852. The summed E-state index contributed by atoms with van der Waals surface area (Å²) in [5.74, 6) is 0.285. The van der Waals surface area contributed by atoms with Crippen molar-refractivity contribution in [2.45, 2.75) is 17.7 Å². The smallest absolute Gasteiger partial charge is 0.124 e. The Balaban J connectivity index is 2.44. The number of halogens is 1. The molecule has 1 rings (SSSR count). The highest BCUT2D eigenvalue weighted by atomic mass is 79.9. The maximum absolute atomic E-state index is 9.95. The standard InChI is InChI=1S/C5H7BrO/c1-5(6)2-4(5)3-7/h3-4H,2H2,1H3. The van der Waals surface area contributed by atoms with E-state index in [9.17, 15) is 4.79 Å². The van der Waals surface area contributed by atoms with E-state index in [4.69, 9.17) is 0 Å². The lowest BCUT2D eigenvalue weighted by atomic mass is 10.4. The molecule has 1 fully saturated rings. The van der Waals surface area contributed by atoms with Crippen molar-refractivity contribution in [2.24, 2.45) is 5.92 Å². The zero-order valence-corrected chi connectivity index (χ0v) is 5.73.